The summed E-state index contributed by atoms with van der Waals surface area (Å²) in [6, 6.07) is 3.21. The van der Waals surface area contributed by atoms with Gasteiger partial charge in [-0.3, -0.25) is 0 Å². The van der Waals surface area contributed by atoms with Crippen molar-refractivity contribution >= 4 is 5.97 Å². The summed E-state index contributed by atoms with van der Waals surface area (Å²) < 4.78 is 4.45. The van der Waals surface area contributed by atoms with Crippen LogP contribution in [0, 0.1) is 13.8 Å². The number of carbonyl (C=O) groups excluding carboxylic acids is 1. The topological polar surface area (TPSA) is 66.8 Å². The lowest BCUT2D eigenvalue weighted by Gasteiger charge is -2.13. The highest BCUT2D eigenvalue weighted by molar-refractivity contribution is 5.74. The number of phenols is 1. The van der Waals surface area contributed by atoms with Gasteiger partial charge in [-0.25, -0.2) is 4.79 Å². The number of carbonyl (C=O) groups is 1. The lowest BCUT2D eigenvalue weighted by molar-refractivity contribution is -0.150. The maximum absolute atomic E-state index is 11.1. The predicted octanol–water partition coefficient (Wildman–Crippen LogP) is 1.09. The lowest BCUT2D eigenvalue weighted by Crippen LogP contribution is -2.24. The molecule has 1 atom stereocenters. The number of rotatable bonds is 3. The van der Waals surface area contributed by atoms with E-state index in [4.69, 9.17) is 0 Å². The first-order valence-corrected chi connectivity index (χ1v) is 5.00. The molecule has 0 bridgehead atoms. The smallest absolute Gasteiger partial charge is 0.335 e. The zero-order valence-corrected chi connectivity index (χ0v) is 9.65. The molecule has 0 amide bonds. The van der Waals surface area contributed by atoms with E-state index in [-0.39, 0.29) is 12.2 Å². The highest BCUT2D eigenvalue weighted by Gasteiger charge is 2.18. The van der Waals surface area contributed by atoms with Crippen molar-refractivity contribution in [1.82, 2.24) is 0 Å². The van der Waals surface area contributed by atoms with E-state index < -0.39 is 12.1 Å². The van der Waals surface area contributed by atoms with Crippen LogP contribution in [0.15, 0.2) is 12.1 Å². The highest BCUT2D eigenvalue weighted by atomic mass is 16.5. The fraction of sp³-hybridized carbons (Fsp3) is 0.417. The molecular weight excluding hydrogens is 208 g/mol. The van der Waals surface area contributed by atoms with Crippen LogP contribution in [0.25, 0.3) is 0 Å². The third-order valence-corrected chi connectivity index (χ3v) is 2.55. The standard InChI is InChI=1S/C12H16O4/c1-7-4-9(13)5-8(2)10(7)6-11(14)12(15)16-3/h4-5,11,13-14H,6H2,1-3H3. The van der Waals surface area contributed by atoms with E-state index in [0.29, 0.717) is 0 Å². The molecule has 0 saturated heterocycles. The molecule has 0 saturated carbocycles. The van der Waals surface area contributed by atoms with Crippen molar-refractivity contribution in [3.8, 4) is 5.75 Å². The fourth-order valence-corrected chi connectivity index (χ4v) is 1.71. The Morgan fingerprint density at radius 1 is 1.38 bits per heavy atom. The molecule has 0 aliphatic carbocycles. The van der Waals surface area contributed by atoms with Gasteiger partial charge in [0.2, 0.25) is 0 Å². The van der Waals surface area contributed by atoms with Crippen molar-refractivity contribution in [1.29, 1.82) is 0 Å². The third-order valence-electron chi connectivity index (χ3n) is 2.55. The largest absolute Gasteiger partial charge is 0.508 e. The molecule has 0 radical (unpaired) electrons. The minimum atomic E-state index is -1.16. The van der Waals surface area contributed by atoms with Gasteiger partial charge >= 0.3 is 5.97 Å². The second kappa shape index (κ2) is 4.99. The van der Waals surface area contributed by atoms with Gasteiger partial charge in [0, 0.05) is 6.42 Å². The Balaban J connectivity index is 2.93. The second-order valence-corrected chi connectivity index (χ2v) is 3.80. The van der Waals surface area contributed by atoms with Gasteiger partial charge in [-0.1, -0.05) is 0 Å². The number of aliphatic hydroxyl groups excluding tert-OH is 1. The SMILES string of the molecule is COC(=O)C(O)Cc1c(C)cc(O)cc1C. The molecule has 4 nitrogen and oxygen atoms in total. The van der Waals surface area contributed by atoms with Gasteiger partial charge in [0.05, 0.1) is 7.11 Å². The maximum atomic E-state index is 11.1. The molecular formula is C12H16O4. The summed E-state index contributed by atoms with van der Waals surface area (Å²) in [4.78, 5) is 11.1. The number of aliphatic hydroxyl groups is 1. The van der Waals surface area contributed by atoms with Gasteiger partial charge in [-0.15, -0.1) is 0 Å². The molecule has 0 aromatic heterocycles. The Bertz CT molecular complexity index is 375. The summed E-state index contributed by atoms with van der Waals surface area (Å²) >= 11 is 0. The molecule has 0 spiro atoms. The van der Waals surface area contributed by atoms with Gasteiger partial charge in [-0.05, 0) is 42.7 Å². The monoisotopic (exact) mass is 224 g/mol. The molecule has 1 rings (SSSR count). The number of benzene rings is 1. The van der Waals surface area contributed by atoms with Gasteiger partial charge in [0.1, 0.15) is 5.75 Å². The van der Waals surface area contributed by atoms with E-state index in [1.807, 2.05) is 13.8 Å². The first-order valence-electron chi connectivity index (χ1n) is 5.00. The van der Waals surface area contributed by atoms with Gasteiger partial charge in [-0.2, -0.15) is 0 Å². The van der Waals surface area contributed by atoms with Crippen molar-refractivity contribution in [3.05, 3.63) is 28.8 Å². The summed E-state index contributed by atoms with van der Waals surface area (Å²) in [6.45, 7) is 3.65. The van der Waals surface area contributed by atoms with Crippen molar-refractivity contribution in [2.75, 3.05) is 7.11 Å². The molecule has 1 aromatic rings. The zero-order valence-electron chi connectivity index (χ0n) is 9.65. The Morgan fingerprint density at radius 2 is 1.88 bits per heavy atom. The Labute approximate surface area is 94.5 Å². The number of ether oxygens (including phenoxy) is 1. The first-order chi connectivity index (χ1) is 7.45. The van der Waals surface area contributed by atoms with Crippen LogP contribution in [0.3, 0.4) is 0 Å². The predicted molar refractivity (Wildman–Crippen MR) is 59.3 cm³/mol. The average molecular weight is 224 g/mol. The number of esters is 1. The van der Waals surface area contributed by atoms with Crippen LogP contribution in [-0.4, -0.2) is 29.4 Å². The molecule has 0 heterocycles. The summed E-state index contributed by atoms with van der Waals surface area (Å²) in [5, 5.41) is 18.9. The van der Waals surface area contributed by atoms with Crippen molar-refractivity contribution in [2.24, 2.45) is 0 Å². The van der Waals surface area contributed by atoms with Crippen LogP contribution in [0.2, 0.25) is 0 Å². The molecule has 0 fully saturated rings. The van der Waals surface area contributed by atoms with Crippen LogP contribution in [0.4, 0.5) is 0 Å². The zero-order chi connectivity index (χ0) is 12.3. The molecule has 88 valence electrons. The van der Waals surface area contributed by atoms with Crippen LogP contribution in [0.5, 0.6) is 5.75 Å². The Kier molecular flexibility index (Phi) is 3.90. The van der Waals surface area contributed by atoms with Crippen LogP contribution in [0.1, 0.15) is 16.7 Å². The minimum absolute atomic E-state index is 0.186. The van der Waals surface area contributed by atoms with Crippen molar-refractivity contribution in [2.45, 2.75) is 26.4 Å². The van der Waals surface area contributed by atoms with E-state index in [9.17, 15) is 15.0 Å². The molecule has 1 unspecified atom stereocenters. The summed E-state index contributed by atoms with van der Waals surface area (Å²) in [5.74, 6) is -0.460. The van der Waals surface area contributed by atoms with Crippen molar-refractivity contribution < 1.29 is 19.7 Å². The quantitative estimate of drug-likeness (QED) is 0.754. The highest BCUT2D eigenvalue weighted by Crippen LogP contribution is 2.22. The average Bonchev–Trinajstić information content (AvgIpc) is 2.21. The van der Waals surface area contributed by atoms with Gasteiger partial charge in [0.15, 0.2) is 6.10 Å². The molecule has 2 N–H and O–H groups in total. The summed E-state index contributed by atoms with van der Waals surface area (Å²) in [5.41, 5.74) is 2.55. The normalized spacial score (nSPS) is 12.2. The summed E-state index contributed by atoms with van der Waals surface area (Å²) in [7, 11) is 1.24. The third kappa shape index (κ3) is 2.73. The lowest BCUT2D eigenvalue weighted by atomic mass is 9.97. The van der Waals surface area contributed by atoms with Crippen LogP contribution >= 0.6 is 0 Å². The Morgan fingerprint density at radius 3 is 2.31 bits per heavy atom. The van der Waals surface area contributed by atoms with Crippen LogP contribution in [-0.2, 0) is 16.0 Å². The van der Waals surface area contributed by atoms with Crippen LogP contribution < -0.4 is 0 Å². The second-order valence-electron chi connectivity index (χ2n) is 3.80. The van der Waals surface area contributed by atoms with E-state index in [1.165, 1.54) is 7.11 Å². The minimum Gasteiger partial charge on any atom is -0.508 e. The number of hydrogen-bond donors (Lipinski definition) is 2. The van der Waals surface area contributed by atoms with E-state index in [2.05, 4.69) is 4.74 Å². The maximum Gasteiger partial charge on any atom is 0.335 e. The van der Waals surface area contributed by atoms with Gasteiger partial charge in [0.25, 0.3) is 0 Å². The van der Waals surface area contributed by atoms with Gasteiger partial charge < -0.3 is 14.9 Å². The number of methoxy groups -OCH3 is 1. The number of hydrogen-bond acceptors (Lipinski definition) is 4. The van der Waals surface area contributed by atoms with E-state index in [1.54, 1.807) is 12.1 Å². The van der Waals surface area contributed by atoms with E-state index in [0.717, 1.165) is 16.7 Å². The first kappa shape index (κ1) is 12.5. The molecule has 1 aromatic carbocycles. The molecule has 16 heavy (non-hydrogen) atoms. The Hall–Kier alpha value is -1.55. The molecule has 4 heteroatoms. The number of aryl methyl sites for hydroxylation is 2. The molecule has 0 aliphatic rings. The molecule has 0 aliphatic heterocycles. The van der Waals surface area contributed by atoms with E-state index >= 15 is 0 Å². The fourth-order valence-electron chi connectivity index (χ4n) is 1.71. The summed E-state index contributed by atoms with van der Waals surface area (Å²) in [6.07, 6.45) is -0.961. The van der Waals surface area contributed by atoms with Crippen molar-refractivity contribution in [3.63, 3.8) is 0 Å². The number of aromatic hydroxyl groups is 1. The number of phenolic OH excluding ortho intramolecular Hbond substituents is 1.